The highest BCUT2D eigenvalue weighted by molar-refractivity contribution is 5.93. The molecule has 5 nitrogen and oxygen atoms in total. The van der Waals surface area contributed by atoms with Crippen LogP contribution in [0.2, 0.25) is 0 Å². The summed E-state index contributed by atoms with van der Waals surface area (Å²) in [7, 11) is 1.32. The number of hydrogen-bond donors (Lipinski definition) is 1. The number of ether oxygens (including phenoxy) is 2. The Kier molecular flexibility index (Phi) is 3.83. The molecule has 1 aromatic carbocycles. The third-order valence-electron chi connectivity index (χ3n) is 6.49. The van der Waals surface area contributed by atoms with Crippen molar-refractivity contribution >= 4 is 12.1 Å². The molecule has 0 radical (unpaired) electrons. The summed E-state index contributed by atoms with van der Waals surface area (Å²) in [6.07, 6.45) is 6.38. The zero-order valence-corrected chi connectivity index (χ0v) is 15.8. The lowest BCUT2D eigenvalue weighted by atomic mass is 9.43. The van der Waals surface area contributed by atoms with Crippen LogP contribution in [0.1, 0.15) is 62.7 Å². The molecule has 26 heavy (non-hydrogen) atoms. The summed E-state index contributed by atoms with van der Waals surface area (Å²) in [5, 5.41) is 3.19. The lowest BCUT2D eigenvalue weighted by Crippen LogP contribution is -2.65. The summed E-state index contributed by atoms with van der Waals surface area (Å²) in [5.41, 5.74) is 0.700. The van der Waals surface area contributed by atoms with Crippen molar-refractivity contribution in [1.82, 2.24) is 5.32 Å². The van der Waals surface area contributed by atoms with Gasteiger partial charge in [-0.25, -0.2) is 9.59 Å². The van der Waals surface area contributed by atoms with Gasteiger partial charge in [0, 0.05) is 5.54 Å². The van der Waals surface area contributed by atoms with Crippen molar-refractivity contribution in [2.45, 2.75) is 57.9 Å². The van der Waals surface area contributed by atoms with Gasteiger partial charge >= 0.3 is 12.1 Å². The van der Waals surface area contributed by atoms with Gasteiger partial charge in [0.15, 0.2) is 0 Å². The van der Waals surface area contributed by atoms with E-state index < -0.39 is 12.1 Å². The Balaban J connectivity index is 1.52. The molecule has 1 amide bonds. The van der Waals surface area contributed by atoms with Crippen LogP contribution in [0.5, 0.6) is 5.75 Å². The van der Waals surface area contributed by atoms with Crippen LogP contribution < -0.4 is 10.1 Å². The first-order valence-electron chi connectivity index (χ1n) is 9.41. The lowest BCUT2D eigenvalue weighted by molar-refractivity contribution is -0.114. The predicted octanol–water partition coefficient (Wildman–Crippen LogP) is 4.31. The minimum Gasteiger partial charge on any atom is -0.465 e. The molecule has 4 atom stereocenters. The Labute approximate surface area is 154 Å². The van der Waals surface area contributed by atoms with Crippen LogP contribution in [0, 0.1) is 16.7 Å². The second-order valence-electron chi connectivity index (χ2n) is 9.41. The van der Waals surface area contributed by atoms with E-state index in [1.165, 1.54) is 26.4 Å². The topological polar surface area (TPSA) is 64.6 Å². The molecule has 2 unspecified atom stereocenters. The van der Waals surface area contributed by atoms with Gasteiger partial charge < -0.3 is 14.8 Å². The molecule has 5 rings (SSSR count). The van der Waals surface area contributed by atoms with E-state index in [4.69, 9.17) is 9.47 Å². The fraction of sp³-hybridized carbons (Fsp3) is 0.619. The van der Waals surface area contributed by atoms with Crippen LogP contribution >= 0.6 is 0 Å². The van der Waals surface area contributed by atoms with Gasteiger partial charge in [0.2, 0.25) is 0 Å². The third kappa shape index (κ3) is 2.97. The van der Waals surface area contributed by atoms with Gasteiger partial charge in [-0.2, -0.15) is 0 Å². The maximum absolute atomic E-state index is 12.7. The van der Waals surface area contributed by atoms with E-state index in [1.807, 2.05) is 0 Å². The van der Waals surface area contributed by atoms with Crippen LogP contribution in [-0.4, -0.2) is 24.7 Å². The number of carbonyl (C=O) groups is 2. The summed E-state index contributed by atoms with van der Waals surface area (Å²) in [6.45, 7) is 4.73. The highest BCUT2D eigenvalue weighted by Gasteiger charge is 2.60. The molecule has 0 spiro atoms. The molecule has 1 N–H and O–H groups in total. The number of para-hydroxylation sites is 1. The second-order valence-corrected chi connectivity index (χ2v) is 9.41. The summed E-state index contributed by atoms with van der Waals surface area (Å²) in [5.74, 6) is 0.408. The smallest absolute Gasteiger partial charge is 0.413 e. The number of amides is 1. The normalized spacial score (nSPS) is 37.3. The SMILES string of the molecule is COC(=O)c1ccccc1OC(=O)NC12CC3C[C@@](C)(C1)C[C@](C)(C3)C2. The van der Waals surface area contributed by atoms with Crippen LogP contribution in [0.25, 0.3) is 0 Å². The van der Waals surface area contributed by atoms with E-state index in [-0.39, 0.29) is 16.9 Å². The van der Waals surface area contributed by atoms with Gasteiger partial charge in [-0.15, -0.1) is 0 Å². The summed E-state index contributed by atoms with van der Waals surface area (Å²) < 4.78 is 10.3. The van der Waals surface area contributed by atoms with Gasteiger partial charge in [0.05, 0.1) is 7.11 Å². The minimum atomic E-state index is -0.511. The molecular formula is C21H27NO4. The lowest BCUT2D eigenvalue weighted by Gasteiger charge is -2.65. The fourth-order valence-electron chi connectivity index (χ4n) is 6.76. The summed E-state index contributed by atoms with van der Waals surface area (Å²) in [6, 6.07) is 6.68. The number of rotatable bonds is 3. The van der Waals surface area contributed by atoms with Gasteiger partial charge in [0.1, 0.15) is 11.3 Å². The van der Waals surface area contributed by atoms with Gasteiger partial charge in [-0.1, -0.05) is 26.0 Å². The molecule has 5 heteroatoms. The van der Waals surface area contributed by atoms with Crippen molar-refractivity contribution in [2.24, 2.45) is 16.7 Å². The zero-order chi connectivity index (χ0) is 18.6. The minimum absolute atomic E-state index is 0.180. The van der Waals surface area contributed by atoms with Crippen LogP contribution in [-0.2, 0) is 4.74 Å². The maximum atomic E-state index is 12.7. The molecule has 0 aliphatic heterocycles. The molecule has 4 bridgehead atoms. The van der Waals surface area contributed by atoms with Crippen molar-refractivity contribution in [3.63, 3.8) is 0 Å². The zero-order valence-electron chi connectivity index (χ0n) is 15.8. The van der Waals surface area contributed by atoms with E-state index >= 15 is 0 Å². The Morgan fingerprint density at radius 1 is 1.04 bits per heavy atom. The summed E-state index contributed by atoms with van der Waals surface area (Å²) >= 11 is 0. The largest absolute Gasteiger partial charge is 0.465 e. The number of hydrogen-bond acceptors (Lipinski definition) is 4. The first-order valence-corrected chi connectivity index (χ1v) is 9.41. The van der Waals surface area contributed by atoms with Gasteiger partial charge in [0.25, 0.3) is 0 Å². The van der Waals surface area contributed by atoms with Crippen molar-refractivity contribution in [3.05, 3.63) is 29.8 Å². The number of methoxy groups -OCH3 is 1. The Bertz CT molecular complexity index is 740. The predicted molar refractivity (Wildman–Crippen MR) is 97.1 cm³/mol. The average molecular weight is 357 g/mol. The first-order chi connectivity index (χ1) is 12.2. The summed E-state index contributed by atoms with van der Waals surface area (Å²) in [4.78, 5) is 24.6. The highest BCUT2D eigenvalue weighted by Crippen LogP contribution is 2.66. The van der Waals surface area contributed by atoms with E-state index in [0.717, 1.165) is 19.3 Å². The van der Waals surface area contributed by atoms with Crippen molar-refractivity contribution in [3.8, 4) is 5.75 Å². The quantitative estimate of drug-likeness (QED) is 0.819. The highest BCUT2D eigenvalue weighted by atomic mass is 16.6. The number of carbonyl (C=O) groups excluding carboxylic acids is 2. The van der Waals surface area contributed by atoms with Crippen LogP contribution in [0.4, 0.5) is 4.79 Å². The van der Waals surface area contributed by atoms with Crippen molar-refractivity contribution in [1.29, 1.82) is 0 Å². The monoisotopic (exact) mass is 357 g/mol. The Morgan fingerprint density at radius 2 is 1.69 bits per heavy atom. The van der Waals surface area contributed by atoms with E-state index in [0.29, 0.717) is 16.7 Å². The standard InChI is InChI=1S/C21H27NO4/c1-19-8-14-9-20(2,11-19)13-21(10-14,12-19)22-18(24)26-16-7-5-4-6-15(16)17(23)25-3/h4-7,14H,8-13H2,1-3H3,(H,22,24)/t14?,19-,20+,21?. The molecular weight excluding hydrogens is 330 g/mol. The Hall–Kier alpha value is -2.04. The number of benzene rings is 1. The first kappa shape index (κ1) is 17.4. The van der Waals surface area contributed by atoms with E-state index in [9.17, 15) is 9.59 Å². The molecule has 4 aliphatic rings. The van der Waals surface area contributed by atoms with Crippen LogP contribution in [0.3, 0.4) is 0 Å². The molecule has 0 heterocycles. The Morgan fingerprint density at radius 3 is 2.31 bits per heavy atom. The van der Waals surface area contributed by atoms with Crippen molar-refractivity contribution in [2.75, 3.05) is 7.11 Å². The van der Waals surface area contributed by atoms with E-state index in [2.05, 4.69) is 19.2 Å². The molecule has 4 aliphatic carbocycles. The average Bonchev–Trinajstić information content (AvgIpc) is 2.50. The maximum Gasteiger partial charge on any atom is 0.413 e. The van der Waals surface area contributed by atoms with Gasteiger partial charge in [-0.05, 0) is 67.4 Å². The molecule has 0 saturated heterocycles. The molecule has 4 saturated carbocycles. The molecule has 4 fully saturated rings. The van der Waals surface area contributed by atoms with Crippen LogP contribution in [0.15, 0.2) is 24.3 Å². The van der Waals surface area contributed by atoms with Crippen molar-refractivity contribution < 1.29 is 19.1 Å². The molecule has 140 valence electrons. The number of nitrogens with one attached hydrogen (secondary N) is 1. The fourth-order valence-corrected chi connectivity index (χ4v) is 6.76. The molecule has 0 aromatic heterocycles. The third-order valence-corrected chi connectivity index (χ3v) is 6.49. The number of esters is 1. The molecule has 1 aromatic rings. The van der Waals surface area contributed by atoms with E-state index in [1.54, 1.807) is 24.3 Å². The second kappa shape index (κ2) is 5.73. The van der Waals surface area contributed by atoms with Gasteiger partial charge in [-0.3, -0.25) is 0 Å².